The van der Waals surface area contributed by atoms with Gasteiger partial charge in [0.15, 0.2) is 0 Å². The number of unbranched alkanes of at least 4 members (excludes halogenated alkanes) is 10. The molecule has 0 aromatic carbocycles. The molecule has 0 aliphatic heterocycles. The lowest BCUT2D eigenvalue weighted by atomic mass is 10.1. The summed E-state index contributed by atoms with van der Waals surface area (Å²) in [5, 5.41) is 25.2. The summed E-state index contributed by atoms with van der Waals surface area (Å²) in [6, 6.07) is 0. The standard InChI is InChI=1S/C25H38N6O6/c26-20-35-17-11-5-1-2-8-14-29-23(32)30(15-9-3-6-12-18-36-21-27)25(34)31(24(29)33)16-10-4-7-13-19-37-22-28/h1-19H2. The number of nitriles is 3. The van der Waals surface area contributed by atoms with Gasteiger partial charge in [0, 0.05) is 19.6 Å². The smallest absolute Gasteiger partial charge is 0.336 e. The highest BCUT2D eigenvalue weighted by Crippen LogP contribution is 2.05. The van der Waals surface area contributed by atoms with Crippen LogP contribution in [0.15, 0.2) is 14.4 Å². The molecular formula is C25H38N6O6. The minimum Gasteiger partial charge on any atom is -0.428 e. The van der Waals surface area contributed by atoms with E-state index >= 15 is 0 Å². The molecule has 0 radical (unpaired) electrons. The molecule has 0 saturated heterocycles. The van der Waals surface area contributed by atoms with Crippen LogP contribution >= 0.6 is 0 Å². The average molecular weight is 519 g/mol. The Bertz CT molecular complexity index is 1010. The van der Waals surface area contributed by atoms with E-state index in [1.165, 1.54) is 4.57 Å². The Balaban J connectivity index is 2.82. The van der Waals surface area contributed by atoms with Gasteiger partial charge in [-0.05, 0) is 51.4 Å². The number of aromatic nitrogens is 3. The Morgan fingerprint density at radius 2 is 0.676 bits per heavy atom. The third kappa shape index (κ3) is 12.7. The summed E-state index contributed by atoms with van der Waals surface area (Å²) < 4.78 is 17.4. The summed E-state index contributed by atoms with van der Waals surface area (Å²) in [4.78, 5) is 39.1. The highest BCUT2D eigenvalue weighted by Gasteiger charge is 2.15. The molecule has 0 aliphatic carbocycles. The molecule has 0 N–H and O–H groups in total. The monoisotopic (exact) mass is 518 g/mol. The van der Waals surface area contributed by atoms with Crippen LogP contribution in [0.25, 0.3) is 0 Å². The molecule has 0 aliphatic rings. The minimum absolute atomic E-state index is 0.224. The SMILES string of the molecule is N#COCCCCCCCn1c(=O)n(CCCCCCOC#N)c(=O)n(CCCCCCOC#N)c1=O. The Morgan fingerprint density at radius 3 is 0.946 bits per heavy atom. The summed E-state index contributed by atoms with van der Waals surface area (Å²) in [5.41, 5.74) is -1.73. The second kappa shape index (κ2) is 20.5. The van der Waals surface area contributed by atoms with E-state index in [1.807, 2.05) is 0 Å². The molecule has 1 heterocycles. The highest BCUT2D eigenvalue weighted by atomic mass is 16.5. The maximum absolute atomic E-state index is 13.1. The predicted octanol–water partition coefficient (Wildman–Crippen LogP) is 2.74. The number of nitrogens with zero attached hydrogens (tertiary/aromatic N) is 6. The third-order valence-electron chi connectivity index (χ3n) is 5.96. The third-order valence-corrected chi connectivity index (χ3v) is 5.96. The zero-order valence-electron chi connectivity index (χ0n) is 21.6. The normalized spacial score (nSPS) is 10.3. The van der Waals surface area contributed by atoms with Gasteiger partial charge in [-0.15, -0.1) is 0 Å². The van der Waals surface area contributed by atoms with Crippen molar-refractivity contribution in [2.24, 2.45) is 0 Å². The fraction of sp³-hybridized carbons (Fsp3) is 0.760. The van der Waals surface area contributed by atoms with Crippen molar-refractivity contribution >= 4 is 0 Å². The van der Waals surface area contributed by atoms with Crippen LogP contribution in [0.5, 0.6) is 0 Å². The number of hydrogen-bond acceptors (Lipinski definition) is 9. The molecule has 12 heteroatoms. The van der Waals surface area contributed by atoms with E-state index in [0.717, 1.165) is 60.5 Å². The molecule has 37 heavy (non-hydrogen) atoms. The average Bonchev–Trinajstić information content (AvgIpc) is 2.89. The maximum atomic E-state index is 13.1. The minimum atomic E-state index is -0.579. The summed E-state index contributed by atoms with van der Waals surface area (Å²) >= 11 is 0. The van der Waals surface area contributed by atoms with Crippen LogP contribution in [0.1, 0.15) is 83.5 Å². The van der Waals surface area contributed by atoms with Crippen molar-refractivity contribution in [2.45, 2.75) is 103 Å². The lowest BCUT2D eigenvalue weighted by Crippen LogP contribution is -2.54. The molecule has 0 spiro atoms. The van der Waals surface area contributed by atoms with Crippen molar-refractivity contribution in [3.63, 3.8) is 0 Å². The van der Waals surface area contributed by atoms with Gasteiger partial charge in [-0.2, -0.15) is 15.8 Å². The number of hydrogen-bond donors (Lipinski definition) is 0. The summed E-state index contributed by atoms with van der Waals surface area (Å²) in [5.74, 6) is 0. The van der Waals surface area contributed by atoms with E-state index in [2.05, 4.69) is 14.2 Å². The summed E-state index contributed by atoms with van der Waals surface area (Å²) in [6.07, 6.45) is 14.7. The van der Waals surface area contributed by atoms with Crippen molar-refractivity contribution in [1.82, 2.24) is 13.7 Å². The van der Waals surface area contributed by atoms with Gasteiger partial charge in [0.05, 0.1) is 0 Å². The maximum Gasteiger partial charge on any atom is 0.336 e. The largest absolute Gasteiger partial charge is 0.428 e. The van der Waals surface area contributed by atoms with Gasteiger partial charge < -0.3 is 14.2 Å². The van der Waals surface area contributed by atoms with E-state index in [4.69, 9.17) is 15.8 Å². The molecule has 0 fully saturated rings. The summed E-state index contributed by atoms with van der Waals surface area (Å²) in [6.45, 7) is 1.78. The van der Waals surface area contributed by atoms with E-state index in [0.29, 0.717) is 51.9 Å². The molecule has 12 nitrogen and oxygen atoms in total. The molecule has 204 valence electrons. The van der Waals surface area contributed by atoms with Gasteiger partial charge in [-0.3, -0.25) is 0 Å². The predicted molar refractivity (Wildman–Crippen MR) is 134 cm³/mol. The zero-order valence-corrected chi connectivity index (χ0v) is 21.6. The van der Waals surface area contributed by atoms with Crippen molar-refractivity contribution in [3.8, 4) is 18.8 Å². The lowest BCUT2D eigenvalue weighted by Gasteiger charge is -2.14. The molecule has 1 rings (SSSR count). The molecule has 0 unspecified atom stereocenters. The van der Waals surface area contributed by atoms with Crippen LogP contribution in [0.4, 0.5) is 0 Å². The lowest BCUT2D eigenvalue weighted by molar-refractivity contribution is 0.259. The molecule has 0 bridgehead atoms. The van der Waals surface area contributed by atoms with E-state index in [-0.39, 0.29) is 19.6 Å². The van der Waals surface area contributed by atoms with Crippen molar-refractivity contribution in [1.29, 1.82) is 15.8 Å². The zero-order chi connectivity index (χ0) is 27.1. The Hall–Kier alpha value is -3.72. The van der Waals surface area contributed by atoms with Crippen molar-refractivity contribution in [3.05, 3.63) is 31.5 Å². The fourth-order valence-electron chi connectivity index (χ4n) is 3.96. The first-order valence-corrected chi connectivity index (χ1v) is 13.1. The van der Waals surface area contributed by atoms with Gasteiger partial charge in [0.2, 0.25) is 0 Å². The van der Waals surface area contributed by atoms with E-state index in [9.17, 15) is 14.4 Å². The van der Waals surface area contributed by atoms with Gasteiger partial charge in [-0.1, -0.05) is 32.1 Å². The second-order valence-electron chi connectivity index (χ2n) is 8.72. The molecule has 0 atom stereocenters. The van der Waals surface area contributed by atoms with Crippen LogP contribution < -0.4 is 17.1 Å². The van der Waals surface area contributed by atoms with Gasteiger partial charge in [0.1, 0.15) is 19.8 Å². The van der Waals surface area contributed by atoms with E-state index in [1.54, 1.807) is 18.8 Å². The first-order valence-electron chi connectivity index (χ1n) is 13.1. The second-order valence-corrected chi connectivity index (χ2v) is 8.72. The van der Waals surface area contributed by atoms with Crippen LogP contribution in [0.2, 0.25) is 0 Å². The molecule has 0 saturated carbocycles. The van der Waals surface area contributed by atoms with E-state index < -0.39 is 17.1 Å². The molecule has 1 aromatic heterocycles. The van der Waals surface area contributed by atoms with Gasteiger partial charge in [-0.25, -0.2) is 28.1 Å². The van der Waals surface area contributed by atoms with Crippen LogP contribution in [-0.2, 0) is 33.8 Å². The van der Waals surface area contributed by atoms with Crippen molar-refractivity contribution < 1.29 is 14.2 Å². The first-order chi connectivity index (χ1) is 18.1. The Morgan fingerprint density at radius 1 is 0.432 bits per heavy atom. The van der Waals surface area contributed by atoms with Crippen LogP contribution in [0.3, 0.4) is 0 Å². The first kappa shape index (κ1) is 31.3. The highest BCUT2D eigenvalue weighted by molar-refractivity contribution is 4.79. The van der Waals surface area contributed by atoms with Crippen molar-refractivity contribution in [2.75, 3.05) is 19.8 Å². The number of rotatable bonds is 22. The van der Waals surface area contributed by atoms with Crippen LogP contribution in [-0.4, -0.2) is 33.5 Å². The van der Waals surface area contributed by atoms with Gasteiger partial charge in [0.25, 0.3) is 18.8 Å². The Kier molecular flexibility index (Phi) is 17.3. The summed E-state index contributed by atoms with van der Waals surface area (Å²) in [7, 11) is 0. The quantitative estimate of drug-likeness (QED) is 0.166. The molecule has 1 aromatic rings. The molecule has 0 amide bonds. The topological polar surface area (TPSA) is 165 Å². The van der Waals surface area contributed by atoms with Crippen LogP contribution in [0, 0.1) is 34.6 Å². The van der Waals surface area contributed by atoms with Gasteiger partial charge >= 0.3 is 17.1 Å². The number of ether oxygens (including phenoxy) is 3. The Labute approximate surface area is 217 Å². The molecular weight excluding hydrogens is 480 g/mol. The fourth-order valence-corrected chi connectivity index (χ4v) is 3.96.